The molecule has 0 radical (unpaired) electrons. The fourth-order valence-corrected chi connectivity index (χ4v) is 4.01. The Labute approximate surface area is 198 Å². The van der Waals surface area contributed by atoms with Gasteiger partial charge >= 0.3 is 47.0 Å². The first-order valence-electron chi connectivity index (χ1n) is 9.73. The summed E-state index contributed by atoms with van der Waals surface area (Å²) in [5.41, 5.74) is 0. The fraction of sp³-hybridized carbons (Fsp3) is 1.00. The Morgan fingerprint density at radius 1 is 0.486 bits per heavy atom. The Morgan fingerprint density at radius 3 is 1.03 bits per heavy atom. The van der Waals surface area contributed by atoms with Crippen molar-refractivity contribution >= 4 is 10.0 Å². The Balaban J connectivity index is 6.98. The van der Waals surface area contributed by atoms with Crippen molar-refractivity contribution in [1.82, 2.24) is 4.31 Å². The van der Waals surface area contributed by atoms with Crippen molar-refractivity contribution < 1.29 is 83.1 Å². The lowest BCUT2D eigenvalue weighted by atomic mass is 9.91. The van der Waals surface area contributed by atoms with Crippen LogP contribution in [0.1, 0.15) is 39.5 Å². The van der Waals surface area contributed by atoms with Gasteiger partial charge in [-0.05, 0) is 12.8 Å². The fourth-order valence-electron chi connectivity index (χ4n) is 2.49. The van der Waals surface area contributed by atoms with Crippen molar-refractivity contribution in [3.05, 3.63) is 0 Å². The summed E-state index contributed by atoms with van der Waals surface area (Å²) in [6.45, 7) is 0.313. The average Bonchev–Trinajstić information content (AvgIpc) is 2.71. The second kappa shape index (κ2) is 10.4. The van der Waals surface area contributed by atoms with Crippen LogP contribution >= 0.6 is 0 Å². The number of sulfonamides is 1. The molecular weight excluding hydrogens is 593 g/mol. The highest BCUT2D eigenvalue weighted by molar-refractivity contribution is 7.90. The van der Waals surface area contributed by atoms with E-state index in [0.29, 0.717) is 0 Å². The molecule has 0 fully saturated rings. The van der Waals surface area contributed by atoms with Gasteiger partial charge in [-0.15, -0.1) is 0 Å². The van der Waals surface area contributed by atoms with Gasteiger partial charge in [0.25, 0.3) is 10.0 Å². The van der Waals surface area contributed by atoms with E-state index in [0.717, 1.165) is 0 Å². The van der Waals surface area contributed by atoms with Gasteiger partial charge in [0.2, 0.25) is 0 Å². The van der Waals surface area contributed by atoms with Crippen LogP contribution in [0.2, 0.25) is 0 Å². The first kappa shape index (κ1) is 35.7. The third-order valence-electron chi connectivity index (χ3n) is 4.88. The van der Waals surface area contributed by atoms with Crippen molar-refractivity contribution in [3.63, 3.8) is 0 Å². The van der Waals surface area contributed by atoms with Gasteiger partial charge in [-0.2, -0.15) is 78.9 Å². The molecule has 0 aliphatic carbocycles. The summed E-state index contributed by atoms with van der Waals surface area (Å²) in [5, 5.41) is -7.49. The van der Waals surface area contributed by atoms with E-state index in [4.69, 9.17) is 0 Å². The molecule has 0 aromatic rings. The molecule has 21 heteroatoms. The minimum Gasteiger partial charge on any atom is -0.206 e. The van der Waals surface area contributed by atoms with Gasteiger partial charge in [0.1, 0.15) is 0 Å². The summed E-state index contributed by atoms with van der Waals surface area (Å²) >= 11 is 0. The summed E-state index contributed by atoms with van der Waals surface area (Å²) < 4.78 is 251. The van der Waals surface area contributed by atoms with Gasteiger partial charge in [-0.3, -0.25) is 0 Å². The highest BCUT2D eigenvalue weighted by Crippen LogP contribution is 2.64. The lowest BCUT2D eigenvalue weighted by Gasteiger charge is -2.43. The maximum Gasteiger partial charge on any atom is 0.460 e. The highest BCUT2D eigenvalue weighted by Gasteiger charge is 2.96. The number of alkyl halides is 17. The lowest BCUT2D eigenvalue weighted by Crippen LogP contribution is -2.75. The van der Waals surface area contributed by atoms with Crippen molar-refractivity contribution in [2.75, 3.05) is 13.1 Å². The van der Waals surface area contributed by atoms with Crippen LogP contribution in [0.15, 0.2) is 0 Å². The van der Waals surface area contributed by atoms with Crippen molar-refractivity contribution in [3.8, 4) is 0 Å². The number of unbranched alkanes of at least 4 members (excludes halogenated alkanes) is 2. The van der Waals surface area contributed by atoms with Crippen LogP contribution in [0.5, 0.6) is 0 Å². The average molecular weight is 611 g/mol. The number of hydrogen-bond donors (Lipinski definition) is 0. The molecular formula is C16H18F17NO2S. The van der Waals surface area contributed by atoms with Crippen molar-refractivity contribution in [2.24, 2.45) is 0 Å². The molecule has 0 aliphatic heterocycles. The van der Waals surface area contributed by atoms with Gasteiger partial charge in [0.05, 0.1) is 0 Å². The second-order valence-electron chi connectivity index (χ2n) is 7.57. The van der Waals surface area contributed by atoms with Gasteiger partial charge in [0, 0.05) is 13.1 Å². The largest absolute Gasteiger partial charge is 0.460 e. The molecule has 0 heterocycles. The predicted molar refractivity (Wildman–Crippen MR) is 91.0 cm³/mol. The smallest absolute Gasteiger partial charge is 0.206 e. The summed E-state index contributed by atoms with van der Waals surface area (Å²) in [6.07, 6.45) is -8.81. The summed E-state index contributed by atoms with van der Waals surface area (Å²) in [4.78, 5) is 0. The summed E-state index contributed by atoms with van der Waals surface area (Å²) in [7, 11) is -7.20. The molecule has 0 spiro atoms. The van der Waals surface area contributed by atoms with Crippen molar-refractivity contribution in [2.45, 2.75) is 86.5 Å². The molecule has 0 aromatic carbocycles. The van der Waals surface area contributed by atoms with Crippen LogP contribution < -0.4 is 0 Å². The minimum absolute atomic E-state index is 0.0525. The first-order chi connectivity index (χ1) is 16.0. The van der Waals surface area contributed by atoms with Crippen LogP contribution in [-0.4, -0.2) is 72.8 Å². The van der Waals surface area contributed by atoms with Gasteiger partial charge < -0.3 is 0 Å². The number of hydrogen-bond acceptors (Lipinski definition) is 2. The molecule has 0 aromatic heterocycles. The molecule has 0 saturated heterocycles. The predicted octanol–water partition coefficient (Wildman–Crippen LogP) is 7.19. The Hall–Kier alpha value is -1.28. The normalized spacial score (nSPS) is 16.0. The molecule has 3 nitrogen and oxygen atoms in total. The zero-order valence-electron chi connectivity index (χ0n) is 18.3. The molecule has 224 valence electrons. The van der Waals surface area contributed by atoms with Crippen LogP contribution in [0.25, 0.3) is 0 Å². The minimum atomic E-state index is -8.82. The van der Waals surface area contributed by atoms with E-state index in [1.807, 2.05) is 0 Å². The lowest BCUT2D eigenvalue weighted by molar-refractivity contribution is -0.458. The molecule has 0 unspecified atom stereocenters. The number of nitrogens with zero attached hydrogens (tertiary/aromatic N) is 1. The number of halogens is 17. The highest BCUT2D eigenvalue weighted by atomic mass is 32.2. The zero-order chi connectivity index (χ0) is 30.3. The van der Waals surface area contributed by atoms with Crippen LogP contribution in [0.4, 0.5) is 74.6 Å². The topological polar surface area (TPSA) is 37.4 Å². The third kappa shape index (κ3) is 5.18. The van der Waals surface area contributed by atoms with Crippen LogP contribution in [0.3, 0.4) is 0 Å². The van der Waals surface area contributed by atoms with E-state index in [1.165, 1.54) is 13.8 Å². The molecule has 0 saturated carbocycles. The molecule has 37 heavy (non-hydrogen) atoms. The van der Waals surface area contributed by atoms with E-state index >= 15 is 0 Å². The van der Waals surface area contributed by atoms with E-state index in [9.17, 15) is 83.1 Å². The third-order valence-corrected chi connectivity index (χ3v) is 6.83. The molecule has 0 atom stereocenters. The Morgan fingerprint density at radius 2 is 0.757 bits per heavy atom. The Kier molecular flexibility index (Phi) is 10.0. The number of rotatable bonds is 14. The standard InChI is InChI=1S/C16H18F17NO2S/c1-3-5-7-34(8-6-4-2)37(35,36)16(32,33)14(27,28)12(23,24)10(19,20)9(17,18)11(21,22)13(25,26)15(29,30)31/h3-8H2,1-2H3. The Bertz CT molecular complexity index is 874. The molecule has 0 amide bonds. The molecule has 0 bridgehead atoms. The first-order valence-corrected chi connectivity index (χ1v) is 11.2. The SMILES string of the molecule is CCCCN(CCCC)S(=O)(=O)C(F)(F)C(F)(F)C(F)(F)C(F)(F)C(F)(F)C(F)(F)C(F)(F)C(F)(F)F. The summed E-state index contributed by atoms with van der Waals surface area (Å²) in [5.74, 6) is -51.5. The molecule has 0 aliphatic rings. The van der Waals surface area contributed by atoms with Gasteiger partial charge in [-0.1, -0.05) is 26.7 Å². The van der Waals surface area contributed by atoms with Gasteiger partial charge in [-0.25, -0.2) is 8.42 Å². The maximum atomic E-state index is 14.3. The summed E-state index contributed by atoms with van der Waals surface area (Å²) in [6, 6.07) is 0. The van der Waals surface area contributed by atoms with Gasteiger partial charge in [0.15, 0.2) is 0 Å². The van der Waals surface area contributed by atoms with E-state index in [2.05, 4.69) is 0 Å². The molecule has 0 N–H and O–H groups in total. The second-order valence-corrected chi connectivity index (χ2v) is 9.55. The van der Waals surface area contributed by atoms with E-state index < -0.39 is 87.2 Å². The quantitative estimate of drug-likeness (QED) is 0.195. The van der Waals surface area contributed by atoms with Crippen LogP contribution in [-0.2, 0) is 10.0 Å². The van der Waals surface area contributed by atoms with Crippen molar-refractivity contribution in [1.29, 1.82) is 0 Å². The zero-order valence-corrected chi connectivity index (χ0v) is 19.2. The maximum absolute atomic E-state index is 14.3. The van der Waals surface area contributed by atoms with E-state index in [-0.39, 0.29) is 12.8 Å². The van der Waals surface area contributed by atoms with E-state index in [1.54, 1.807) is 0 Å². The monoisotopic (exact) mass is 611 g/mol. The molecule has 0 rings (SSSR count). The van der Waals surface area contributed by atoms with Crippen LogP contribution in [0, 0.1) is 0 Å².